The van der Waals surface area contributed by atoms with Gasteiger partial charge in [-0.05, 0) is 58.0 Å². The predicted octanol–water partition coefficient (Wildman–Crippen LogP) is 2.70. The molecule has 150 valence electrons. The van der Waals surface area contributed by atoms with E-state index >= 15 is 0 Å². The van der Waals surface area contributed by atoms with Crippen LogP contribution in [0.5, 0.6) is 0 Å². The minimum Gasteiger partial charge on any atom is -0.392 e. The van der Waals surface area contributed by atoms with Gasteiger partial charge in [0, 0.05) is 31.6 Å². The molecule has 3 aliphatic rings. The molecule has 2 aliphatic heterocycles. The van der Waals surface area contributed by atoms with Crippen molar-refractivity contribution < 1.29 is 5.11 Å². The molecule has 3 rings (SSSR count). The highest BCUT2D eigenvalue weighted by Gasteiger charge is 2.35. The molecule has 0 amide bonds. The smallest absolute Gasteiger partial charge is 0.193 e. The molecule has 5 nitrogen and oxygen atoms in total. The zero-order valence-electron chi connectivity index (χ0n) is 17.1. The van der Waals surface area contributed by atoms with Gasteiger partial charge in [-0.3, -0.25) is 4.99 Å². The van der Waals surface area contributed by atoms with Crippen molar-refractivity contribution in [3.63, 3.8) is 0 Å². The van der Waals surface area contributed by atoms with E-state index in [1.807, 2.05) is 0 Å². The summed E-state index contributed by atoms with van der Waals surface area (Å²) < 4.78 is 0. The fraction of sp³-hybridized carbons (Fsp3) is 0.952. The molecule has 3 atom stereocenters. The molecule has 0 aromatic heterocycles. The fourth-order valence-corrected chi connectivity index (χ4v) is 4.93. The van der Waals surface area contributed by atoms with Crippen LogP contribution in [0.2, 0.25) is 0 Å². The Labute approximate surface area is 160 Å². The molecule has 0 bridgehead atoms. The highest BCUT2D eigenvalue weighted by atomic mass is 16.3. The molecular formula is C21H40N4O. The van der Waals surface area contributed by atoms with Gasteiger partial charge in [0.25, 0.3) is 0 Å². The number of aliphatic hydroxyl groups is 1. The van der Waals surface area contributed by atoms with Crippen LogP contribution in [0.4, 0.5) is 0 Å². The molecule has 2 saturated heterocycles. The topological polar surface area (TPSA) is 51.1 Å². The van der Waals surface area contributed by atoms with Gasteiger partial charge in [-0.15, -0.1) is 0 Å². The average Bonchev–Trinajstić information content (AvgIpc) is 3.10. The lowest BCUT2D eigenvalue weighted by atomic mass is 9.73. The molecule has 2 heterocycles. The van der Waals surface area contributed by atoms with Crippen LogP contribution >= 0.6 is 0 Å². The van der Waals surface area contributed by atoms with E-state index in [9.17, 15) is 5.11 Å². The summed E-state index contributed by atoms with van der Waals surface area (Å²) in [6, 6.07) is 0. The lowest BCUT2D eigenvalue weighted by Gasteiger charge is -2.37. The van der Waals surface area contributed by atoms with Gasteiger partial charge >= 0.3 is 0 Å². The Morgan fingerprint density at radius 2 is 1.92 bits per heavy atom. The lowest BCUT2D eigenvalue weighted by Crippen LogP contribution is -2.43. The average molecular weight is 365 g/mol. The van der Waals surface area contributed by atoms with Gasteiger partial charge in [-0.25, -0.2) is 0 Å². The second-order valence-electron chi connectivity index (χ2n) is 9.05. The maximum Gasteiger partial charge on any atom is 0.193 e. The summed E-state index contributed by atoms with van der Waals surface area (Å²) in [4.78, 5) is 10.1. The zero-order chi connectivity index (χ0) is 18.4. The van der Waals surface area contributed by atoms with Gasteiger partial charge in [0.15, 0.2) is 5.96 Å². The molecule has 0 aromatic carbocycles. The molecule has 0 spiro atoms. The Morgan fingerprint density at radius 1 is 1.12 bits per heavy atom. The zero-order valence-corrected chi connectivity index (χ0v) is 17.1. The van der Waals surface area contributed by atoms with Gasteiger partial charge in [0.2, 0.25) is 0 Å². The van der Waals surface area contributed by atoms with Crippen molar-refractivity contribution in [2.45, 2.75) is 71.3 Å². The standard InChI is InChI=1S/C21H40N4O/c1-3-22-20(23-17-21(2)11-6-5-9-19(21)26)25-14-10-18(16-25)15-24-12-7-4-8-13-24/h18-19,26H,3-17H2,1-2H3,(H,22,23). The van der Waals surface area contributed by atoms with Crippen molar-refractivity contribution in [2.24, 2.45) is 16.3 Å². The summed E-state index contributed by atoms with van der Waals surface area (Å²) in [5, 5.41) is 14.0. The molecule has 1 aliphatic carbocycles. The van der Waals surface area contributed by atoms with Crippen molar-refractivity contribution in [2.75, 3.05) is 45.8 Å². The molecular weight excluding hydrogens is 324 g/mol. The Balaban J connectivity index is 1.55. The summed E-state index contributed by atoms with van der Waals surface area (Å²) in [7, 11) is 0. The molecule has 26 heavy (non-hydrogen) atoms. The Bertz CT molecular complexity index is 463. The monoisotopic (exact) mass is 364 g/mol. The minimum absolute atomic E-state index is 0.0498. The highest BCUT2D eigenvalue weighted by Crippen LogP contribution is 2.36. The second kappa shape index (κ2) is 9.41. The molecule has 3 fully saturated rings. The van der Waals surface area contributed by atoms with E-state index < -0.39 is 0 Å². The van der Waals surface area contributed by atoms with Crippen LogP contribution in [0.25, 0.3) is 0 Å². The van der Waals surface area contributed by atoms with Gasteiger partial charge in [0.05, 0.1) is 12.6 Å². The largest absolute Gasteiger partial charge is 0.392 e. The number of likely N-dealkylation sites (tertiary alicyclic amines) is 2. The van der Waals surface area contributed by atoms with E-state index in [2.05, 4.69) is 29.0 Å². The van der Waals surface area contributed by atoms with Crippen LogP contribution in [0.15, 0.2) is 4.99 Å². The molecule has 5 heteroatoms. The summed E-state index contributed by atoms with van der Waals surface area (Å²) in [6.45, 7) is 12.1. The second-order valence-corrected chi connectivity index (χ2v) is 9.05. The Hall–Kier alpha value is -0.810. The number of rotatable bonds is 5. The van der Waals surface area contributed by atoms with E-state index in [0.29, 0.717) is 0 Å². The van der Waals surface area contributed by atoms with Crippen molar-refractivity contribution in [1.82, 2.24) is 15.1 Å². The lowest BCUT2D eigenvalue weighted by molar-refractivity contribution is 0.00705. The first-order chi connectivity index (χ1) is 12.6. The number of nitrogens with one attached hydrogen (secondary N) is 1. The number of hydrogen-bond donors (Lipinski definition) is 2. The molecule has 2 N–H and O–H groups in total. The number of hydrogen-bond acceptors (Lipinski definition) is 3. The first-order valence-corrected chi connectivity index (χ1v) is 11.0. The van der Waals surface area contributed by atoms with Crippen molar-refractivity contribution in [3.8, 4) is 0 Å². The van der Waals surface area contributed by atoms with Gasteiger partial charge in [-0.1, -0.05) is 26.2 Å². The minimum atomic E-state index is -0.201. The third kappa shape index (κ3) is 5.13. The normalized spacial score (nSPS) is 34.3. The van der Waals surface area contributed by atoms with Crippen LogP contribution in [0.3, 0.4) is 0 Å². The Morgan fingerprint density at radius 3 is 2.65 bits per heavy atom. The maximum absolute atomic E-state index is 10.5. The van der Waals surface area contributed by atoms with Crippen molar-refractivity contribution >= 4 is 5.96 Å². The summed E-state index contributed by atoms with van der Waals surface area (Å²) in [5.74, 6) is 1.83. The van der Waals surface area contributed by atoms with E-state index in [-0.39, 0.29) is 11.5 Å². The van der Waals surface area contributed by atoms with E-state index in [0.717, 1.165) is 57.3 Å². The van der Waals surface area contributed by atoms with E-state index in [1.54, 1.807) is 0 Å². The fourth-order valence-electron chi connectivity index (χ4n) is 4.93. The van der Waals surface area contributed by atoms with Crippen LogP contribution < -0.4 is 5.32 Å². The van der Waals surface area contributed by atoms with Gasteiger partial charge < -0.3 is 20.2 Å². The van der Waals surface area contributed by atoms with Crippen molar-refractivity contribution in [1.29, 1.82) is 0 Å². The number of piperidine rings is 1. The number of guanidine groups is 1. The van der Waals surface area contributed by atoms with Crippen LogP contribution in [-0.2, 0) is 0 Å². The van der Waals surface area contributed by atoms with Gasteiger partial charge in [-0.2, -0.15) is 0 Å². The van der Waals surface area contributed by atoms with Crippen LogP contribution in [0, 0.1) is 11.3 Å². The molecule has 0 aromatic rings. The van der Waals surface area contributed by atoms with Crippen molar-refractivity contribution in [3.05, 3.63) is 0 Å². The quantitative estimate of drug-likeness (QED) is 0.582. The molecule has 0 radical (unpaired) electrons. The summed E-state index contributed by atoms with van der Waals surface area (Å²) >= 11 is 0. The van der Waals surface area contributed by atoms with Crippen LogP contribution in [0.1, 0.15) is 65.2 Å². The van der Waals surface area contributed by atoms with E-state index in [1.165, 1.54) is 51.7 Å². The third-order valence-electron chi connectivity index (χ3n) is 6.76. The Kier molecular flexibility index (Phi) is 7.21. The summed E-state index contributed by atoms with van der Waals surface area (Å²) in [6.07, 6.45) is 9.65. The first-order valence-electron chi connectivity index (χ1n) is 11.0. The SMILES string of the molecule is CCNC(=NCC1(C)CCCCC1O)N1CCC(CN2CCCCC2)C1. The highest BCUT2D eigenvalue weighted by molar-refractivity contribution is 5.80. The third-order valence-corrected chi connectivity index (χ3v) is 6.76. The molecule has 3 unspecified atom stereocenters. The molecule has 1 saturated carbocycles. The summed E-state index contributed by atoms with van der Waals surface area (Å²) in [5.41, 5.74) is -0.0498. The first kappa shape index (κ1) is 19.9. The number of aliphatic hydroxyl groups excluding tert-OH is 1. The predicted molar refractivity (Wildman–Crippen MR) is 109 cm³/mol. The van der Waals surface area contributed by atoms with Gasteiger partial charge in [0.1, 0.15) is 0 Å². The number of nitrogens with zero attached hydrogens (tertiary/aromatic N) is 3. The van der Waals surface area contributed by atoms with E-state index in [4.69, 9.17) is 4.99 Å². The maximum atomic E-state index is 10.5. The number of aliphatic imine (C=N–C) groups is 1. The van der Waals surface area contributed by atoms with Crippen LogP contribution in [-0.4, -0.2) is 72.8 Å².